The lowest BCUT2D eigenvalue weighted by molar-refractivity contribution is -0.121. The first-order valence-corrected chi connectivity index (χ1v) is 7.75. The zero-order chi connectivity index (χ0) is 15.8. The van der Waals surface area contributed by atoms with Crippen LogP contribution in [0.15, 0.2) is 41.8 Å². The largest absolute Gasteiger partial charge is 0.492 e. The van der Waals surface area contributed by atoms with Crippen LogP contribution in [0.5, 0.6) is 5.75 Å². The van der Waals surface area contributed by atoms with E-state index in [0.29, 0.717) is 17.2 Å². The van der Waals surface area contributed by atoms with Crippen LogP contribution >= 0.6 is 11.3 Å². The molecule has 1 heterocycles. The van der Waals surface area contributed by atoms with Gasteiger partial charge in [0.15, 0.2) is 5.78 Å². The summed E-state index contributed by atoms with van der Waals surface area (Å²) in [4.78, 5) is 24.0. The molecule has 0 radical (unpaired) electrons. The average molecular weight is 321 g/mol. The number of ether oxygens (including phenoxy) is 1. The zero-order valence-corrected chi connectivity index (χ0v) is 12.7. The second-order valence-corrected chi connectivity index (χ2v) is 5.50. The van der Waals surface area contributed by atoms with Gasteiger partial charge in [-0.3, -0.25) is 9.59 Å². The lowest BCUT2D eigenvalue weighted by Crippen LogP contribution is -2.28. The Balaban J connectivity index is 1.59. The van der Waals surface area contributed by atoms with E-state index in [1.807, 2.05) is 11.4 Å². The quantitative estimate of drug-likeness (QED) is 0.600. The average Bonchev–Trinajstić information content (AvgIpc) is 3.05. The maximum atomic E-state index is 12.7. The van der Waals surface area contributed by atoms with Crippen LogP contribution < -0.4 is 10.1 Å². The van der Waals surface area contributed by atoms with Crippen LogP contribution in [0.2, 0.25) is 0 Å². The first kappa shape index (κ1) is 16.2. The highest BCUT2D eigenvalue weighted by molar-refractivity contribution is 7.12. The summed E-state index contributed by atoms with van der Waals surface area (Å²) in [5.41, 5.74) is 0. The Morgan fingerprint density at radius 1 is 1.14 bits per heavy atom. The molecule has 0 saturated heterocycles. The number of ketones is 1. The molecule has 4 nitrogen and oxygen atoms in total. The fourth-order valence-electron chi connectivity index (χ4n) is 1.77. The molecule has 2 rings (SSSR count). The minimum atomic E-state index is -0.323. The van der Waals surface area contributed by atoms with Crippen molar-refractivity contribution >= 4 is 23.0 Å². The molecule has 22 heavy (non-hydrogen) atoms. The molecule has 0 bridgehead atoms. The van der Waals surface area contributed by atoms with Crippen LogP contribution in [0.25, 0.3) is 0 Å². The molecular weight excluding hydrogens is 305 g/mol. The Kier molecular flexibility index (Phi) is 6.09. The van der Waals surface area contributed by atoms with Crippen molar-refractivity contribution in [3.8, 4) is 5.75 Å². The van der Waals surface area contributed by atoms with Crippen molar-refractivity contribution in [1.29, 1.82) is 0 Å². The summed E-state index contributed by atoms with van der Waals surface area (Å²) in [5.74, 6) is 0.0138. The van der Waals surface area contributed by atoms with Gasteiger partial charge in [0, 0.05) is 12.8 Å². The van der Waals surface area contributed by atoms with Crippen molar-refractivity contribution in [3.63, 3.8) is 0 Å². The smallest absolute Gasteiger partial charge is 0.220 e. The molecule has 1 amide bonds. The number of benzene rings is 1. The lowest BCUT2D eigenvalue weighted by Gasteiger charge is -2.07. The van der Waals surface area contributed by atoms with E-state index in [1.54, 1.807) is 6.07 Å². The highest BCUT2D eigenvalue weighted by atomic mass is 32.1. The molecule has 2 aromatic rings. The highest BCUT2D eigenvalue weighted by Crippen LogP contribution is 2.12. The molecule has 1 aromatic carbocycles. The predicted molar refractivity (Wildman–Crippen MR) is 82.8 cm³/mol. The van der Waals surface area contributed by atoms with E-state index in [1.165, 1.54) is 35.6 Å². The molecule has 0 atom stereocenters. The van der Waals surface area contributed by atoms with E-state index in [2.05, 4.69) is 5.32 Å². The fourth-order valence-corrected chi connectivity index (χ4v) is 2.46. The second-order valence-electron chi connectivity index (χ2n) is 4.55. The third kappa shape index (κ3) is 5.29. The number of Topliss-reactive ketones (excluding diaryl/α,β-unsaturated/α-hetero) is 1. The molecule has 0 fully saturated rings. The van der Waals surface area contributed by atoms with Crippen molar-refractivity contribution in [2.75, 3.05) is 13.2 Å². The van der Waals surface area contributed by atoms with Gasteiger partial charge in [0.25, 0.3) is 0 Å². The van der Waals surface area contributed by atoms with Gasteiger partial charge in [-0.2, -0.15) is 0 Å². The number of rotatable bonds is 8. The van der Waals surface area contributed by atoms with Crippen LogP contribution in [-0.4, -0.2) is 24.8 Å². The number of thiophene rings is 1. The van der Waals surface area contributed by atoms with E-state index >= 15 is 0 Å². The summed E-state index contributed by atoms with van der Waals surface area (Å²) in [6.07, 6.45) is 0.360. The van der Waals surface area contributed by atoms with Crippen molar-refractivity contribution in [2.45, 2.75) is 12.8 Å². The number of nitrogens with one attached hydrogen (secondary N) is 1. The molecule has 0 saturated carbocycles. The minimum absolute atomic E-state index is 0.0206. The number of amides is 1. The second kappa shape index (κ2) is 8.29. The lowest BCUT2D eigenvalue weighted by atomic mass is 10.2. The predicted octanol–water partition coefficient (Wildman–Crippen LogP) is 3.05. The molecular formula is C16H16FNO3S. The van der Waals surface area contributed by atoms with Gasteiger partial charge in [-0.1, -0.05) is 6.07 Å². The monoisotopic (exact) mass is 321 g/mol. The first-order valence-electron chi connectivity index (χ1n) is 6.87. The summed E-state index contributed by atoms with van der Waals surface area (Å²) in [7, 11) is 0. The van der Waals surface area contributed by atoms with Crippen LogP contribution in [0, 0.1) is 5.82 Å². The molecule has 116 valence electrons. The van der Waals surface area contributed by atoms with Gasteiger partial charge in [0.05, 0.1) is 11.4 Å². The van der Waals surface area contributed by atoms with E-state index < -0.39 is 0 Å². The fraction of sp³-hybridized carbons (Fsp3) is 0.250. The molecule has 0 spiro atoms. The minimum Gasteiger partial charge on any atom is -0.492 e. The SMILES string of the molecule is O=C(CCC(=O)c1cccs1)NCCOc1ccc(F)cc1. The van der Waals surface area contributed by atoms with E-state index in [-0.39, 0.29) is 37.0 Å². The standard InChI is InChI=1S/C16H16FNO3S/c17-12-3-5-13(6-4-12)21-10-9-18-16(20)8-7-14(19)15-2-1-11-22-15/h1-6,11H,7-10H2,(H,18,20). The molecule has 0 aliphatic carbocycles. The summed E-state index contributed by atoms with van der Waals surface area (Å²) in [6, 6.07) is 9.23. The third-order valence-electron chi connectivity index (χ3n) is 2.88. The topological polar surface area (TPSA) is 55.4 Å². The zero-order valence-electron chi connectivity index (χ0n) is 11.9. The number of hydrogen-bond donors (Lipinski definition) is 1. The van der Waals surface area contributed by atoms with Crippen LogP contribution in [0.1, 0.15) is 22.5 Å². The molecule has 6 heteroatoms. The molecule has 0 unspecified atom stereocenters. The molecule has 0 aliphatic heterocycles. The van der Waals surface area contributed by atoms with Crippen molar-refractivity contribution in [2.24, 2.45) is 0 Å². The molecule has 1 N–H and O–H groups in total. The Morgan fingerprint density at radius 2 is 1.91 bits per heavy atom. The Labute approximate surface area is 131 Å². The van der Waals surface area contributed by atoms with E-state index in [9.17, 15) is 14.0 Å². The van der Waals surface area contributed by atoms with Crippen LogP contribution in [0.3, 0.4) is 0 Å². The van der Waals surface area contributed by atoms with Gasteiger partial charge < -0.3 is 10.1 Å². The molecule has 1 aromatic heterocycles. The number of hydrogen-bond acceptors (Lipinski definition) is 4. The van der Waals surface area contributed by atoms with E-state index in [4.69, 9.17) is 4.74 Å². The van der Waals surface area contributed by atoms with Crippen molar-refractivity contribution < 1.29 is 18.7 Å². The number of carbonyl (C=O) groups is 2. The summed E-state index contributed by atoms with van der Waals surface area (Å²) >= 11 is 1.37. The van der Waals surface area contributed by atoms with Gasteiger partial charge >= 0.3 is 0 Å². The van der Waals surface area contributed by atoms with Gasteiger partial charge in [-0.15, -0.1) is 11.3 Å². The molecule has 0 aliphatic rings. The van der Waals surface area contributed by atoms with Gasteiger partial charge in [0.1, 0.15) is 18.2 Å². The summed E-state index contributed by atoms with van der Waals surface area (Å²) in [6.45, 7) is 0.625. The maximum Gasteiger partial charge on any atom is 0.220 e. The maximum absolute atomic E-state index is 12.7. The van der Waals surface area contributed by atoms with E-state index in [0.717, 1.165) is 0 Å². The van der Waals surface area contributed by atoms with Crippen molar-refractivity contribution in [3.05, 3.63) is 52.5 Å². The summed E-state index contributed by atoms with van der Waals surface area (Å²) < 4.78 is 18.0. The number of carbonyl (C=O) groups excluding carboxylic acids is 2. The third-order valence-corrected chi connectivity index (χ3v) is 3.79. The number of halogens is 1. The Bertz CT molecular complexity index is 611. The van der Waals surface area contributed by atoms with Crippen LogP contribution in [0.4, 0.5) is 4.39 Å². The van der Waals surface area contributed by atoms with Gasteiger partial charge in [-0.05, 0) is 35.7 Å². The highest BCUT2D eigenvalue weighted by Gasteiger charge is 2.09. The first-order chi connectivity index (χ1) is 10.6. The Hall–Kier alpha value is -2.21. The van der Waals surface area contributed by atoms with Crippen molar-refractivity contribution in [1.82, 2.24) is 5.32 Å². The van der Waals surface area contributed by atoms with Crippen LogP contribution in [-0.2, 0) is 4.79 Å². The normalized spacial score (nSPS) is 10.2. The summed E-state index contributed by atoms with van der Waals surface area (Å²) in [5, 5.41) is 4.51. The van der Waals surface area contributed by atoms with Gasteiger partial charge in [0.2, 0.25) is 5.91 Å². The van der Waals surface area contributed by atoms with Gasteiger partial charge in [-0.25, -0.2) is 4.39 Å². The Morgan fingerprint density at radius 3 is 2.59 bits per heavy atom.